The van der Waals surface area contributed by atoms with Crippen molar-refractivity contribution in [1.82, 2.24) is 10.2 Å². The molecule has 146 valence electrons. The van der Waals surface area contributed by atoms with E-state index in [1.165, 1.54) is 12.1 Å². The van der Waals surface area contributed by atoms with E-state index in [4.69, 9.17) is 16.3 Å². The van der Waals surface area contributed by atoms with Crippen molar-refractivity contribution >= 4 is 17.5 Å². The number of aliphatic hydroxyl groups is 1. The molecule has 0 bridgehead atoms. The normalized spacial score (nSPS) is 19.8. The van der Waals surface area contributed by atoms with E-state index < -0.39 is 30.0 Å². The summed E-state index contributed by atoms with van der Waals surface area (Å²) < 4.78 is 55.5. The van der Waals surface area contributed by atoms with Crippen molar-refractivity contribution in [3.63, 3.8) is 0 Å². The van der Waals surface area contributed by atoms with Crippen molar-refractivity contribution in [2.24, 2.45) is 0 Å². The molecule has 2 rings (SSSR count). The molecule has 0 radical (unpaired) electrons. The molecular formula is C16H19ClF4N2O3. The van der Waals surface area contributed by atoms with Crippen molar-refractivity contribution < 1.29 is 32.2 Å². The Morgan fingerprint density at radius 1 is 1.46 bits per heavy atom. The van der Waals surface area contributed by atoms with E-state index in [0.29, 0.717) is 19.4 Å². The predicted octanol–water partition coefficient (Wildman–Crippen LogP) is 2.36. The fourth-order valence-electron chi connectivity index (χ4n) is 2.72. The Hall–Kier alpha value is -1.58. The molecule has 1 fully saturated rings. The van der Waals surface area contributed by atoms with Gasteiger partial charge in [-0.2, -0.15) is 13.2 Å². The molecule has 1 heterocycles. The summed E-state index contributed by atoms with van der Waals surface area (Å²) in [4.78, 5) is 12.8. The van der Waals surface area contributed by atoms with Crippen molar-refractivity contribution in [2.75, 3.05) is 26.2 Å². The highest BCUT2D eigenvalue weighted by molar-refractivity contribution is 6.30. The van der Waals surface area contributed by atoms with Crippen LogP contribution >= 0.6 is 11.6 Å². The number of ether oxygens (including phenoxy) is 1. The van der Waals surface area contributed by atoms with E-state index in [2.05, 4.69) is 0 Å². The highest BCUT2D eigenvalue weighted by Crippen LogP contribution is 2.21. The van der Waals surface area contributed by atoms with Gasteiger partial charge in [-0.25, -0.2) is 4.39 Å². The molecule has 1 aliphatic heterocycles. The van der Waals surface area contributed by atoms with Gasteiger partial charge in [0.15, 0.2) is 0 Å². The Bertz CT molecular complexity index is 630. The third kappa shape index (κ3) is 6.30. The van der Waals surface area contributed by atoms with Crippen LogP contribution in [-0.4, -0.2) is 60.5 Å². The van der Waals surface area contributed by atoms with Crippen LogP contribution in [0.2, 0.25) is 5.02 Å². The van der Waals surface area contributed by atoms with Gasteiger partial charge in [-0.05, 0) is 31.5 Å². The molecule has 0 aliphatic carbocycles. The van der Waals surface area contributed by atoms with Crippen molar-refractivity contribution in [3.05, 3.63) is 29.0 Å². The predicted molar refractivity (Wildman–Crippen MR) is 86.6 cm³/mol. The number of carbonyl (C=O) groups excluding carboxylic acids is 1. The number of amides is 1. The lowest BCUT2D eigenvalue weighted by molar-refractivity contribution is -0.174. The first-order chi connectivity index (χ1) is 12.1. The molecular weight excluding hydrogens is 380 g/mol. The zero-order valence-corrected chi connectivity index (χ0v) is 14.5. The average molecular weight is 399 g/mol. The number of aliphatic hydroxyl groups excluding tert-OH is 1. The number of nitrogens with zero attached hydrogens (tertiary/aromatic N) is 1. The molecule has 1 unspecified atom stereocenters. The third-order valence-electron chi connectivity index (χ3n) is 3.90. The lowest BCUT2D eigenvalue weighted by Gasteiger charge is -2.34. The van der Waals surface area contributed by atoms with Crippen molar-refractivity contribution in [3.8, 4) is 5.75 Å². The summed E-state index contributed by atoms with van der Waals surface area (Å²) in [6, 6.07) is 3.26. The van der Waals surface area contributed by atoms with E-state index in [9.17, 15) is 27.5 Å². The molecule has 2 N–H and O–H groups in total. The summed E-state index contributed by atoms with van der Waals surface area (Å²) in [6.07, 6.45) is -4.80. The fraction of sp³-hybridized carbons (Fsp3) is 0.562. The van der Waals surface area contributed by atoms with E-state index in [1.807, 2.05) is 5.32 Å². The Morgan fingerprint density at radius 2 is 2.19 bits per heavy atom. The Balaban J connectivity index is 1.78. The second-order valence-corrected chi connectivity index (χ2v) is 6.52. The van der Waals surface area contributed by atoms with Crippen molar-refractivity contribution in [1.29, 1.82) is 0 Å². The van der Waals surface area contributed by atoms with Crippen LogP contribution in [0.3, 0.4) is 0 Å². The van der Waals surface area contributed by atoms with Gasteiger partial charge in [-0.3, -0.25) is 9.69 Å². The smallest absolute Gasteiger partial charge is 0.471 e. The first-order valence-corrected chi connectivity index (χ1v) is 8.39. The minimum absolute atomic E-state index is 0.0434. The van der Waals surface area contributed by atoms with E-state index >= 15 is 0 Å². The topological polar surface area (TPSA) is 61.8 Å². The van der Waals surface area contributed by atoms with E-state index in [-0.39, 0.29) is 30.5 Å². The zero-order valence-electron chi connectivity index (χ0n) is 13.7. The number of carbonyl (C=O) groups is 1. The quantitative estimate of drug-likeness (QED) is 0.722. The van der Waals surface area contributed by atoms with Gasteiger partial charge >= 0.3 is 12.1 Å². The summed E-state index contributed by atoms with van der Waals surface area (Å²) in [5.41, 5.74) is 0. The molecule has 0 spiro atoms. The molecule has 10 heteroatoms. The molecule has 1 saturated heterocycles. The van der Waals surface area contributed by atoms with Gasteiger partial charge in [-0.1, -0.05) is 11.6 Å². The number of halogens is 5. The van der Waals surface area contributed by atoms with Gasteiger partial charge in [0, 0.05) is 25.2 Å². The maximum atomic E-state index is 13.3. The Kier molecular flexibility index (Phi) is 7.08. The van der Waals surface area contributed by atoms with Crippen LogP contribution in [0.4, 0.5) is 17.6 Å². The number of piperidine rings is 1. The number of benzene rings is 1. The van der Waals surface area contributed by atoms with Crippen LogP contribution in [0, 0.1) is 5.82 Å². The van der Waals surface area contributed by atoms with Gasteiger partial charge in [-0.15, -0.1) is 0 Å². The lowest BCUT2D eigenvalue weighted by Crippen LogP contribution is -2.52. The molecule has 1 amide bonds. The first-order valence-electron chi connectivity index (χ1n) is 8.01. The lowest BCUT2D eigenvalue weighted by atomic mass is 10.1. The van der Waals surface area contributed by atoms with Crippen LogP contribution in [0.1, 0.15) is 12.8 Å². The summed E-state index contributed by atoms with van der Waals surface area (Å²) >= 11 is 5.56. The van der Waals surface area contributed by atoms with Gasteiger partial charge in [0.25, 0.3) is 0 Å². The van der Waals surface area contributed by atoms with Gasteiger partial charge in [0.1, 0.15) is 24.3 Å². The average Bonchev–Trinajstić information content (AvgIpc) is 2.55. The number of alkyl halides is 3. The molecule has 26 heavy (non-hydrogen) atoms. The number of likely N-dealkylation sites (tertiary alicyclic amines) is 1. The molecule has 0 aromatic heterocycles. The second-order valence-electron chi connectivity index (χ2n) is 6.11. The molecule has 2 atom stereocenters. The molecule has 1 aliphatic rings. The minimum Gasteiger partial charge on any atom is -0.491 e. The number of hydrogen-bond donors (Lipinski definition) is 2. The largest absolute Gasteiger partial charge is 0.491 e. The monoisotopic (exact) mass is 398 g/mol. The summed E-state index contributed by atoms with van der Waals surface area (Å²) in [6.45, 7) is 0.838. The highest BCUT2D eigenvalue weighted by Gasteiger charge is 2.40. The Labute approximate surface area is 152 Å². The molecule has 1 aromatic carbocycles. The first kappa shape index (κ1) is 20.7. The number of β-amino-alcohol motifs (C(OH)–C–C–N with tert-alkyl or cyclic N) is 1. The van der Waals surface area contributed by atoms with Gasteiger partial charge in [0.05, 0.1) is 5.02 Å². The summed E-state index contributed by atoms with van der Waals surface area (Å²) in [5.74, 6) is -2.39. The van der Waals surface area contributed by atoms with Gasteiger partial charge in [0.2, 0.25) is 0 Å². The van der Waals surface area contributed by atoms with Gasteiger partial charge < -0.3 is 15.2 Å². The molecule has 5 nitrogen and oxygen atoms in total. The number of rotatable bonds is 6. The van der Waals surface area contributed by atoms with Crippen LogP contribution in [0.15, 0.2) is 18.2 Å². The maximum absolute atomic E-state index is 13.3. The van der Waals surface area contributed by atoms with E-state index in [0.717, 1.165) is 6.07 Å². The van der Waals surface area contributed by atoms with E-state index in [1.54, 1.807) is 4.90 Å². The van der Waals surface area contributed by atoms with Crippen LogP contribution < -0.4 is 10.1 Å². The third-order valence-corrected chi connectivity index (χ3v) is 4.21. The standard InChI is InChI=1S/C16H19ClF4N2O3/c17-13-4-3-12(6-14(13)18)26-9-11(24)8-23-5-1-2-10(7-23)22-15(25)16(19,20)21/h3-4,6,10-11,24H,1-2,5,7-9H2,(H,22,25)/t10-,11?/m0/s1. The summed E-state index contributed by atoms with van der Waals surface area (Å²) in [7, 11) is 0. The molecule has 0 saturated carbocycles. The maximum Gasteiger partial charge on any atom is 0.471 e. The van der Waals surface area contributed by atoms with Crippen molar-refractivity contribution in [2.45, 2.75) is 31.2 Å². The van der Waals surface area contributed by atoms with Crippen LogP contribution in [-0.2, 0) is 4.79 Å². The van der Waals surface area contributed by atoms with Crippen LogP contribution in [0.5, 0.6) is 5.75 Å². The highest BCUT2D eigenvalue weighted by atomic mass is 35.5. The SMILES string of the molecule is O=C(N[C@H]1CCCN(CC(O)COc2ccc(Cl)c(F)c2)C1)C(F)(F)F. The number of nitrogens with one attached hydrogen (secondary N) is 1. The number of hydrogen-bond acceptors (Lipinski definition) is 4. The zero-order chi connectivity index (χ0) is 19.3. The fourth-order valence-corrected chi connectivity index (χ4v) is 2.83. The minimum atomic E-state index is -4.91. The Morgan fingerprint density at radius 3 is 2.85 bits per heavy atom. The molecule has 1 aromatic rings. The summed E-state index contributed by atoms with van der Waals surface area (Å²) in [5, 5.41) is 11.9. The van der Waals surface area contributed by atoms with Crippen LogP contribution in [0.25, 0.3) is 0 Å². The second kappa shape index (κ2) is 8.88.